The number of hydrogen-bond acceptors (Lipinski definition) is 7. The molecule has 9 heteroatoms. The SMILES string of the molecule is CCc1nn2c(=O)cc(CNc3ccc(-n4nccn4)cc3)nc2s1. The Morgan fingerprint density at radius 2 is 1.92 bits per heavy atom. The first-order valence-corrected chi connectivity index (χ1v) is 8.64. The molecule has 0 saturated carbocycles. The lowest BCUT2D eigenvalue weighted by molar-refractivity contribution is 0.752. The summed E-state index contributed by atoms with van der Waals surface area (Å²) in [5.41, 5.74) is 2.34. The van der Waals surface area contributed by atoms with Gasteiger partial charge in [-0.1, -0.05) is 18.3 Å². The molecule has 25 heavy (non-hydrogen) atoms. The quantitative estimate of drug-likeness (QED) is 0.589. The molecule has 3 aromatic heterocycles. The predicted molar refractivity (Wildman–Crippen MR) is 95.2 cm³/mol. The van der Waals surface area contributed by atoms with Crippen molar-refractivity contribution >= 4 is 22.0 Å². The molecule has 8 nitrogen and oxygen atoms in total. The lowest BCUT2D eigenvalue weighted by atomic mass is 10.3. The van der Waals surface area contributed by atoms with Gasteiger partial charge in [0.2, 0.25) is 4.96 Å². The molecular weight excluding hydrogens is 338 g/mol. The standard InChI is InChI=1S/C16H15N7OS/c1-2-14-21-22-15(24)9-12(20-16(22)25-14)10-17-11-3-5-13(6-4-11)23-18-7-8-19-23/h3-9,17H,2,10H2,1H3. The summed E-state index contributed by atoms with van der Waals surface area (Å²) in [6, 6.07) is 9.23. The van der Waals surface area contributed by atoms with Crippen molar-refractivity contribution in [2.24, 2.45) is 0 Å². The van der Waals surface area contributed by atoms with E-state index in [0.717, 1.165) is 22.8 Å². The molecule has 126 valence electrons. The van der Waals surface area contributed by atoms with Gasteiger partial charge < -0.3 is 5.32 Å². The van der Waals surface area contributed by atoms with Crippen molar-refractivity contribution in [3.05, 3.63) is 63.8 Å². The molecule has 0 radical (unpaired) electrons. The molecule has 0 amide bonds. The molecule has 0 saturated heterocycles. The first-order chi connectivity index (χ1) is 12.2. The van der Waals surface area contributed by atoms with Crippen LogP contribution >= 0.6 is 11.3 Å². The van der Waals surface area contributed by atoms with Crippen LogP contribution < -0.4 is 10.9 Å². The molecule has 0 aliphatic heterocycles. The van der Waals surface area contributed by atoms with Gasteiger partial charge in [0.1, 0.15) is 5.01 Å². The Bertz CT molecular complexity index is 1050. The summed E-state index contributed by atoms with van der Waals surface area (Å²) < 4.78 is 1.36. The summed E-state index contributed by atoms with van der Waals surface area (Å²) in [5.74, 6) is 0. The van der Waals surface area contributed by atoms with Gasteiger partial charge in [0, 0.05) is 11.8 Å². The predicted octanol–water partition coefficient (Wildman–Crippen LogP) is 1.91. The van der Waals surface area contributed by atoms with Gasteiger partial charge in [-0.25, -0.2) is 4.98 Å². The van der Waals surface area contributed by atoms with Crippen LogP contribution in [-0.2, 0) is 13.0 Å². The number of aryl methyl sites for hydroxylation is 1. The summed E-state index contributed by atoms with van der Waals surface area (Å²) in [4.78, 5) is 18.8. The smallest absolute Gasteiger partial charge is 0.275 e. The fourth-order valence-corrected chi connectivity index (χ4v) is 3.24. The van der Waals surface area contributed by atoms with Crippen LogP contribution in [0.5, 0.6) is 0 Å². The highest BCUT2D eigenvalue weighted by Crippen LogP contribution is 2.14. The van der Waals surface area contributed by atoms with E-state index in [1.807, 2.05) is 31.2 Å². The van der Waals surface area contributed by atoms with Crippen LogP contribution in [-0.4, -0.2) is 29.6 Å². The second kappa shape index (κ2) is 6.44. The molecular formula is C16H15N7OS. The molecule has 0 spiro atoms. The van der Waals surface area contributed by atoms with Crippen LogP contribution in [0.2, 0.25) is 0 Å². The number of aromatic nitrogens is 6. The Labute approximate surface area is 146 Å². The molecule has 0 aliphatic rings. The maximum Gasteiger partial charge on any atom is 0.275 e. The van der Waals surface area contributed by atoms with Gasteiger partial charge in [-0.3, -0.25) is 4.79 Å². The largest absolute Gasteiger partial charge is 0.379 e. The zero-order valence-corrected chi connectivity index (χ0v) is 14.3. The number of nitrogens with one attached hydrogen (secondary N) is 1. The number of benzene rings is 1. The van der Waals surface area contributed by atoms with Crippen LogP contribution in [0.4, 0.5) is 5.69 Å². The second-order valence-electron chi connectivity index (χ2n) is 5.35. The molecule has 0 unspecified atom stereocenters. The Morgan fingerprint density at radius 1 is 1.16 bits per heavy atom. The van der Waals surface area contributed by atoms with E-state index >= 15 is 0 Å². The molecule has 1 aromatic carbocycles. The molecule has 0 atom stereocenters. The molecule has 4 aromatic rings. The van der Waals surface area contributed by atoms with Crippen LogP contribution in [0.3, 0.4) is 0 Å². The first kappa shape index (κ1) is 15.5. The van der Waals surface area contributed by atoms with Gasteiger partial charge in [0.15, 0.2) is 0 Å². The van der Waals surface area contributed by atoms with Gasteiger partial charge in [0.25, 0.3) is 5.56 Å². The van der Waals surface area contributed by atoms with E-state index in [0.29, 0.717) is 17.2 Å². The Kier molecular flexibility index (Phi) is 3.98. The molecule has 0 fully saturated rings. The summed E-state index contributed by atoms with van der Waals surface area (Å²) in [5, 5.41) is 16.6. The molecule has 4 rings (SSSR count). The van der Waals surface area contributed by atoms with Gasteiger partial charge in [-0.2, -0.15) is 24.6 Å². The third-order valence-corrected chi connectivity index (χ3v) is 4.69. The van der Waals surface area contributed by atoms with Crippen LogP contribution in [0.1, 0.15) is 17.6 Å². The zero-order chi connectivity index (χ0) is 17.2. The van der Waals surface area contributed by atoms with Crippen LogP contribution in [0.15, 0.2) is 47.5 Å². The van der Waals surface area contributed by atoms with Gasteiger partial charge in [-0.15, -0.1) is 0 Å². The molecule has 3 heterocycles. The Balaban J connectivity index is 1.51. The zero-order valence-electron chi connectivity index (χ0n) is 13.5. The number of nitrogens with zero attached hydrogens (tertiary/aromatic N) is 6. The number of hydrogen-bond donors (Lipinski definition) is 1. The van der Waals surface area contributed by atoms with Gasteiger partial charge in [-0.05, 0) is 30.7 Å². The van der Waals surface area contributed by atoms with Crippen molar-refractivity contribution in [3.63, 3.8) is 0 Å². The minimum atomic E-state index is -0.155. The third kappa shape index (κ3) is 3.13. The van der Waals surface area contributed by atoms with E-state index in [1.54, 1.807) is 17.2 Å². The summed E-state index contributed by atoms with van der Waals surface area (Å²) in [6.07, 6.45) is 4.06. The molecule has 0 bridgehead atoms. The normalized spacial score (nSPS) is 11.1. The van der Waals surface area contributed by atoms with E-state index in [-0.39, 0.29) is 5.56 Å². The highest BCUT2D eigenvalue weighted by molar-refractivity contribution is 7.16. The monoisotopic (exact) mass is 353 g/mol. The fourth-order valence-electron chi connectivity index (χ4n) is 2.38. The minimum Gasteiger partial charge on any atom is -0.379 e. The van der Waals surface area contributed by atoms with Crippen molar-refractivity contribution in [2.75, 3.05) is 5.32 Å². The number of rotatable bonds is 5. The topological polar surface area (TPSA) is 90.0 Å². The highest BCUT2D eigenvalue weighted by Gasteiger charge is 2.08. The van der Waals surface area contributed by atoms with E-state index < -0.39 is 0 Å². The first-order valence-electron chi connectivity index (χ1n) is 7.82. The highest BCUT2D eigenvalue weighted by atomic mass is 32.1. The molecule has 0 aliphatic carbocycles. The number of anilines is 1. The molecule has 1 N–H and O–H groups in total. The van der Waals surface area contributed by atoms with Crippen molar-refractivity contribution in [1.82, 2.24) is 29.6 Å². The van der Waals surface area contributed by atoms with E-state index in [1.165, 1.54) is 21.9 Å². The van der Waals surface area contributed by atoms with E-state index in [4.69, 9.17) is 0 Å². The average Bonchev–Trinajstić information content (AvgIpc) is 3.30. The van der Waals surface area contributed by atoms with Crippen molar-refractivity contribution < 1.29 is 0 Å². The summed E-state index contributed by atoms with van der Waals surface area (Å²) in [6.45, 7) is 2.47. The van der Waals surface area contributed by atoms with Crippen molar-refractivity contribution in [1.29, 1.82) is 0 Å². The second-order valence-corrected chi connectivity index (χ2v) is 6.39. The van der Waals surface area contributed by atoms with E-state index in [9.17, 15) is 4.79 Å². The lowest BCUT2D eigenvalue weighted by Gasteiger charge is -2.07. The Hall–Kier alpha value is -3.07. The maximum absolute atomic E-state index is 12.1. The minimum absolute atomic E-state index is 0.155. The van der Waals surface area contributed by atoms with E-state index in [2.05, 4.69) is 25.6 Å². The van der Waals surface area contributed by atoms with Gasteiger partial charge in [0.05, 0.1) is 30.3 Å². The van der Waals surface area contributed by atoms with Gasteiger partial charge >= 0.3 is 0 Å². The number of fused-ring (bicyclic) bond motifs is 1. The maximum atomic E-state index is 12.1. The van der Waals surface area contributed by atoms with Crippen molar-refractivity contribution in [2.45, 2.75) is 19.9 Å². The average molecular weight is 353 g/mol. The third-order valence-electron chi connectivity index (χ3n) is 3.63. The van der Waals surface area contributed by atoms with Crippen LogP contribution in [0, 0.1) is 0 Å². The van der Waals surface area contributed by atoms with Crippen LogP contribution in [0.25, 0.3) is 10.6 Å². The Morgan fingerprint density at radius 3 is 2.64 bits per heavy atom. The summed E-state index contributed by atoms with van der Waals surface area (Å²) in [7, 11) is 0. The lowest BCUT2D eigenvalue weighted by Crippen LogP contribution is -2.16. The fraction of sp³-hybridized carbons (Fsp3) is 0.188. The van der Waals surface area contributed by atoms with Crippen molar-refractivity contribution in [3.8, 4) is 5.69 Å². The summed E-state index contributed by atoms with van der Waals surface area (Å²) >= 11 is 1.44.